The molecule has 0 saturated carbocycles. The van der Waals surface area contributed by atoms with Crippen LogP contribution in [0, 0.1) is 11.3 Å². The fraction of sp³-hybridized carbons (Fsp3) is 0.409. The lowest BCUT2D eigenvalue weighted by molar-refractivity contribution is -0.0841. The Morgan fingerprint density at radius 3 is 2.93 bits per heavy atom. The number of hydrogen-bond acceptors (Lipinski definition) is 6. The molecule has 0 aliphatic carbocycles. The molecule has 2 aromatic heterocycles. The van der Waals surface area contributed by atoms with Crippen LogP contribution in [-0.4, -0.2) is 58.2 Å². The summed E-state index contributed by atoms with van der Waals surface area (Å²) in [6, 6.07) is 12.4. The summed E-state index contributed by atoms with van der Waals surface area (Å²) in [4.78, 5) is 16.9. The molecule has 148 valence electrons. The van der Waals surface area contributed by atoms with Crippen LogP contribution in [0.4, 0.5) is 5.95 Å². The number of nitrogens with zero attached hydrogens (tertiary/aromatic N) is 5. The van der Waals surface area contributed by atoms with Crippen LogP contribution < -0.4 is 4.90 Å². The third-order valence-corrected chi connectivity index (χ3v) is 6.33. The van der Waals surface area contributed by atoms with Crippen molar-refractivity contribution >= 4 is 16.9 Å². The molecule has 0 radical (unpaired) electrons. The van der Waals surface area contributed by atoms with E-state index >= 15 is 0 Å². The normalized spacial score (nSPS) is 19.5. The molecule has 2 fully saturated rings. The van der Waals surface area contributed by atoms with Crippen molar-refractivity contribution in [2.45, 2.75) is 24.9 Å². The summed E-state index contributed by atoms with van der Waals surface area (Å²) in [5.41, 5.74) is 3.00. The van der Waals surface area contributed by atoms with Crippen LogP contribution >= 0.6 is 0 Å². The number of aromatic nitrogens is 3. The van der Waals surface area contributed by atoms with E-state index in [4.69, 9.17) is 10.00 Å². The highest BCUT2D eigenvalue weighted by Crippen LogP contribution is 2.34. The SMILES string of the molecule is N#Cc1ccnc(N2CCC3(CC2)COCCN3Cc2cccc3[nH]ccc23)n1. The van der Waals surface area contributed by atoms with E-state index in [9.17, 15) is 0 Å². The highest BCUT2D eigenvalue weighted by molar-refractivity contribution is 5.82. The number of morpholine rings is 1. The van der Waals surface area contributed by atoms with Crippen LogP contribution in [0.3, 0.4) is 0 Å². The van der Waals surface area contributed by atoms with Gasteiger partial charge in [0.2, 0.25) is 5.95 Å². The summed E-state index contributed by atoms with van der Waals surface area (Å²) in [5.74, 6) is 0.652. The first-order chi connectivity index (χ1) is 14.3. The fourth-order valence-corrected chi connectivity index (χ4v) is 4.65. The molecule has 2 aliphatic rings. The summed E-state index contributed by atoms with van der Waals surface area (Å²) in [5, 5.41) is 10.4. The van der Waals surface area contributed by atoms with Gasteiger partial charge in [0.15, 0.2) is 0 Å². The number of fused-ring (bicyclic) bond motifs is 1. The summed E-state index contributed by atoms with van der Waals surface area (Å²) in [7, 11) is 0. The van der Waals surface area contributed by atoms with E-state index < -0.39 is 0 Å². The molecule has 0 amide bonds. The molecule has 29 heavy (non-hydrogen) atoms. The van der Waals surface area contributed by atoms with Crippen LogP contribution in [0.25, 0.3) is 10.9 Å². The zero-order valence-electron chi connectivity index (χ0n) is 16.3. The summed E-state index contributed by atoms with van der Waals surface area (Å²) in [6.45, 7) is 5.15. The second-order valence-electron chi connectivity index (χ2n) is 7.90. The first-order valence-electron chi connectivity index (χ1n) is 10.1. The molecule has 2 saturated heterocycles. The van der Waals surface area contributed by atoms with E-state index in [-0.39, 0.29) is 5.54 Å². The maximum atomic E-state index is 9.11. The van der Waals surface area contributed by atoms with E-state index in [0.29, 0.717) is 11.6 Å². The van der Waals surface area contributed by atoms with Gasteiger partial charge in [-0.2, -0.15) is 5.26 Å². The maximum Gasteiger partial charge on any atom is 0.226 e. The van der Waals surface area contributed by atoms with Gasteiger partial charge in [0.05, 0.1) is 13.2 Å². The Morgan fingerprint density at radius 2 is 2.07 bits per heavy atom. The molecule has 3 aromatic rings. The molecule has 0 bridgehead atoms. The molecule has 7 nitrogen and oxygen atoms in total. The van der Waals surface area contributed by atoms with Crippen molar-refractivity contribution in [2.24, 2.45) is 0 Å². The average molecular weight is 388 g/mol. The van der Waals surface area contributed by atoms with Crippen molar-refractivity contribution in [2.75, 3.05) is 37.7 Å². The average Bonchev–Trinajstić information content (AvgIpc) is 3.26. The van der Waals surface area contributed by atoms with Crippen LogP contribution in [-0.2, 0) is 11.3 Å². The Labute approximate surface area is 169 Å². The minimum atomic E-state index is 0.0417. The molecule has 1 spiro atoms. The van der Waals surface area contributed by atoms with E-state index in [2.05, 4.69) is 55.1 Å². The molecular formula is C22H24N6O. The summed E-state index contributed by atoms with van der Waals surface area (Å²) in [6.07, 6.45) is 5.67. The van der Waals surface area contributed by atoms with Crippen LogP contribution in [0.1, 0.15) is 24.1 Å². The van der Waals surface area contributed by atoms with Gasteiger partial charge >= 0.3 is 0 Å². The second-order valence-corrected chi connectivity index (χ2v) is 7.90. The molecule has 0 atom stereocenters. The molecule has 1 aromatic carbocycles. The Hall–Kier alpha value is -2.95. The Morgan fingerprint density at radius 1 is 1.17 bits per heavy atom. The standard InChI is InChI=1S/C22H24N6O/c23-14-18-4-8-25-21(26-18)27-10-6-22(7-11-27)16-29-13-12-28(22)15-17-2-1-3-20-19(17)5-9-24-20/h1-5,8-9,24H,6-7,10-13,15-16H2. The number of benzene rings is 1. The van der Waals surface area contributed by atoms with E-state index in [1.165, 1.54) is 16.5 Å². The van der Waals surface area contributed by atoms with Gasteiger partial charge in [-0.25, -0.2) is 9.97 Å². The minimum Gasteiger partial charge on any atom is -0.378 e. The molecule has 1 N–H and O–H groups in total. The van der Waals surface area contributed by atoms with Gasteiger partial charge in [0.1, 0.15) is 11.8 Å². The third kappa shape index (κ3) is 3.35. The van der Waals surface area contributed by atoms with Crippen LogP contribution in [0.5, 0.6) is 0 Å². The number of ether oxygens (including phenoxy) is 1. The number of nitrogens with one attached hydrogen (secondary N) is 1. The lowest BCUT2D eigenvalue weighted by atomic mass is 9.85. The summed E-state index contributed by atoms with van der Waals surface area (Å²) >= 11 is 0. The number of rotatable bonds is 3. The Balaban J connectivity index is 1.35. The molecule has 4 heterocycles. The molecule has 0 unspecified atom stereocenters. The summed E-state index contributed by atoms with van der Waals surface area (Å²) < 4.78 is 5.94. The lowest BCUT2D eigenvalue weighted by Crippen LogP contribution is -2.61. The third-order valence-electron chi connectivity index (χ3n) is 6.33. The number of nitriles is 1. The largest absolute Gasteiger partial charge is 0.378 e. The predicted octanol–water partition coefficient (Wildman–Crippen LogP) is 2.70. The van der Waals surface area contributed by atoms with E-state index in [1.807, 2.05) is 6.20 Å². The number of hydrogen-bond donors (Lipinski definition) is 1. The van der Waals surface area contributed by atoms with Gasteiger partial charge < -0.3 is 14.6 Å². The maximum absolute atomic E-state index is 9.11. The Bertz CT molecular complexity index is 1050. The number of anilines is 1. The van der Waals surface area contributed by atoms with Crippen molar-refractivity contribution in [3.63, 3.8) is 0 Å². The van der Waals surface area contributed by atoms with E-state index in [0.717, 1.165) is 52.2 Å². The number of piperidine rings is 1. The zero-order chi connectivity index (χ0) is 19.7. The van der Waals surface area contributed by atoms with Crippen molar-refractivity contribution < 1.29 is 4.74 Å². The predicted molar refractivity (Wildman–Crippen MR) is 110 cm³/mol. The van der Waals surface area contributed by atoms with Gasteiger partial charge in [-0.1, -0.05) is 12.1 Å². The molecule has 2 aliphatic heterocycles. The minimum absolute atomic E-state index is 0.0417. The van der Waals surface area contributed by atoms with Crippen LogP contribution in [0.15, 0.2) is 42.7 Å². The van der Waals surface area contributed by atoms with Crippen molar-refractivity contribution in [1.29, 1.82) is 5.26 Å². The van der Waals surface area contributed by atoms with E-state index in [1.54, 1.807) is 12.3 Å². The second kappa shape index (κ2) is 7.47. The van der Waals surface area contributed by atoms with Gasteiger partial charge in [0.25, 0.3) is 0 Å². The first-order valence-corrected chi connectivity index (χ1v) is 10.1. The zero-order valence-corrected chi connectivity index (χ0v) is 16.3. The smallest absolute Gasteiger partial charge is 0.226 e. The Kier molecular flexibility index (Phi) is 4.66. The monoisotopic (exact) mass is 388 g/mol. The molecular weight excluding hydrogens is 364 g/mol. The fourth-order valence-electron chi connectivity index (χ4n) is 4.65. The quantitative estimate of drug-likeness (QED) is 0.743. The number of H-pyrrole nitrogens is 1. The molecule has 7 heteroatoms. The van der Waals surface area contributed by atoms with Gasteiger partial charge in [-0.05, 0) is 36.6 Å². The number of aromatic amines is 1. The van der Waals surface area contributed by atoms with Crippen molar-refractivity contribution in [1.82, 2.24) is 19.9 Å². The highest BCUT2D eigenvalue weighted by Gasteiger charge is 2.42. The van der Waals surface area contributed by atoms with Gasteiger partial charge in [-0.3, -0.25) is 4.90 Å². The van der Waals surface area contributed by atoms with Crippen molar-refractivity contribution in [3.05, 3.63) is 54.0 Å². The van der Waals surface area contributed by atoms with Crippen LogP contribution in [0.2, 0.25) is 0 Å². The van der Waals surface area contributed by atoms with Crippen molar-refractivity contribution in [3.8, 4) is 6.07 Å². The van der Waals surface area contributed by atoms with Gasteiger partial charge in [-0.15, -0.1) is 0 Å². The lowest BCUT2D eigenvalue weighted by Gasteiger charge is -2.51. The highest BCUT2D eigenvalue weighted by atomic mass is 16.5. The topological polar surface area (TPSA) is 81.1 Å². The first kappa shape index (κ1) is 18.1. The molecule has 5 rings (SSSR count). The van der Waals surface area contributed by atoms with Gasteiger partial charge in [0, 0.05) is 55.0 Å².